The number of anilines is 1. The van der Waals surface area contributed by atoms with Gasteiger partial charge in [0.15, 0.2) is 11.6 Å². The summed E-state index contributed by atoms with van der Waals surface area (Å²) in [6.07, 6.45) is 5.51. The number of aromatic nitrogens is 1. The number of halogens is 1. The van der Waals surface area contributed by atoms with Gasteiger partial charge in [0.2, 0.25) is 5.43 Å². The summed E-state index contributed by atoms with van der Waals surface area (Å²) in [5.41, 5.74) is 6.06. The number of carboxylic acids is 1. The normalized spacial score (nSPS) is 28.3. The van der Waals surface area contributed by atoms with Crippen molar-refractivity contribution >= 4 is 22.6 Å². The molecule has 1 aromatic heterocycles. The molecule has 154 valence electrons. The molecule has 7 nitrogen and oxygen atoms in total. The van der Waals surface area contributed by atoms with E-state index in [1.807, 2.05) is 11.8 Å². The van der Waals surface area contributed by atoms with Crippen LogP contribution in [-0.2, 0) is 0 Å². The minimum Gasteiger partial charge on any atom is -0.487 e. The van der Waals surface area contributed by atoms with Crippen molar-refractivity contribution in [2.24, 2.45) is 11.7 Å². The monoisotopic (exact) mass is 401 g/mol. The zero-order chi connectivity index (χ0) is 20.5. The van der Waals surface area contributed by atoms with E-state index in [4.69, 9.17) is 10.5 Å². The number of carbonyl (C=O) groups is 1. The summed E-state index contributed by atoms with van der Waals surface area (Å²) < 4.78 is 23.0. The zero-order valence-corrected chi connectivity index (χ0v) is 16.3. The van der Waals surface area contributed by atoms with Crippen LogP contribution in [-0.4, -0.2) is 40.9 Å². The predicted octanol–water partition coefficient (Wildman–Crippen LogP) is 2.50. The molecule has 0 amide bonds. The molecule has 1 saturated heterocycles. The topological polar surface area (TPSA) is 97.8 Å². The van der Waals surface area contributed by atoms with Gasteiger partial charge in [-0.1, -0.05) is 12.8 Å². The molecule has 1 saturated carbocycles. The van der Waals surface area contributed by atoms with E-state index in [9.17, 15) is 14.7 Å². The minimum atomic E-state index is -1.32. The van der Waals surface area contributed by atoms with Crippen molar-refractivity contribution in [3.63, 3.8) is 0 Å². The average molecular weight is 401 g/mol. The lowest BCUT2D eigenvalue weighted by Crippen LogP contribution is -2.49. The lowest BCUT2D eigenvalue weighted by molar-refractivity contribution is 0.0694. The average Bonchev–Trinajstić information content (AvgIpc) is 3.02. The molecule has 2 aliphatic heterocycles. The van der Waals surface area contributed by atoms with Crippen molar-refractivity contribution in [1.82, 2.24) is 4.57 Å². The predicted molar refractivity (Wildman–Crippen MR) is 106 cm³/mol. The van der Waals surface area contributed by atoms with Gasteiger partial charge in [0.05, 0.1) is 16.9 Å². The summed E-state index contributed by atoms with van der Waals surface area (Å²) in [5.74, 6) is -1.28. The number of hydrogen-bond donors (Lipinski definition) is 2. The molecule has 0 unspecified atom stereocenters. The molecule has 0 bridgehead atoms. The van der Waals surface area contributed by atoms with Crippen LogP contribution in [0.1, 0.15) is 49.0 Å². The van der Waals surface area contributed by atoms with Crippen molar-refractivity contribution in [1.29, 1.82) is 0 Å². The first-order valence-corrected chi connectivity index (χ1v) is 10.1. The van der Waals surface area contributed by atoms with Crippen LogP contribution in [0.4, 0.5) is 10.1 Å². The van der Waals surface area contributed by atoms with E-state index in [1.165, 1.54) is 6.20 Å². The van der Waals surface area contributed by atoms with E-state index in [0.29, 0.717) is 36.0 Å². The van der Waals surface area contributed by atoms with E-state index in [-0.39, 0.29) is 29.1 Å². The minimum absolute atomic E-state index is 0.0341. The zero-order valence-electron chi connectivity index (χ0n) is 16.3. The lowest BCUT2D eigenvalue weighted by Gasteiger charge is -2.34. The molecule has 2 fully saturated rings. The standard InChI is InChI=1S/C21H24FN3O4/c1-11-9-29-19-16-13(18(26)14(20(27)28)8-25(11)16)6-15(22)17(19)24-7-12-4-2-3-5-21(12,23)10-24/h6,8,11-12H,2-5,7,9-10,23H2,1H3,(H,27,28)/t11-,12-,21+/m0/s1. The van der Waals surface area contributed by atoms with Crippen molar-refractivity contribution < 1.29 is 19.0 Å². The largest absolute Gasteiger partial charge is 0.487 e. The van der Waals surface area contributed by atoms with Crippen LogP contribution >= 0.6 is 0 Å². The van der Waals surface area contributed by atoms with Gasteiger partial charge in [-0.05, 0) is 31.7 Å². The van der Waals surface area contributed by atoms with Crippen LogP contribution < -0.4 is 20.8 Å². The summed E-state index contributed by atoms with van der Waals surface area (Å²) in [5, 5.41) is 9.44. The Hall–Kier alpha value is -2.61. The highest BCUT2D eigenvalue weighted by atomic mass is 19.1. The van der Waals surface area contributed by atoms with Crippen LogP contribution in [0.3, 0.4) is 0 Å². The van der Waals surface area contributed by atoms with Crippen molar-refractivity contribution in [2.45, 2.75) is 44.2 Å². The molecule has 0 spiro atoms. The molecule has 3 aliphatic rings. The fraction of sp³-hybridized carbons (Fsp3) is 0.524. The highest BCUT2D eigenvalue weighted by molar-refractivity contribution is 5.97. The molecule has 1 aliphatic carbocycles. The third-order valence-electron chi connectivity index (χ3n) is 6.87. The van der Waals surface area contributed by atoms with Gasteiger partial charge in [-0.2, -0.15) is 0 Å². The summed E-state index contributed by atoms with van der Waals surface area (Å²) in [6.45, 7) is 3.35. The van der Waals surface area contributed by atoms with Gasteiger partial charge in [-0.3, -0.25) is 4.79 Å². The third kappa shape index (κ3) is 2.58. The molecule has 3 N–H and O–H groups in total. The Kier molecular flexibility index (Phi) is 3.93. The molecule has 0 radical (unpaired) electrons. The maximum atomic E-state index is 15.3. The third-order valence-corrected chi connectivity index (χ3v) is 6.87. The number of aromatic carboxylic acids is 1. The number of nitrogens with zero attached hydrogens (tertiary/aromatic N) is 2. The number of fused-ring (bicyclic) bond motifs is 1. The number of carboxylic acid groups (broad SMARTS) is 1. The van der Waals surface area contributed by atoms with Crippen LogP contribution in [0.15, 0.2) is 17.1 Å². The number of rotatable bonds is 2. The summed E-state index contributed by atoms with van der Waals surface area (Å²) in [4.78, 5) is 26.2. The Morgan fingerprint density at radius 1 is 1.41 bits per heavy atom. The van der Waals surface area contributed by atoms with Gasteiger partial charge in [-0.25, -0.2) is 9.18 Å². The second kappa shape index (κ2) is 6.19. The smallest absolute Gasteiger partial charge is 0.341 e. The van der Waals surface area contributed by atoms with Gasteiger partial charge >= 0.3 is 5.97 Å². The quantitative estimate of drug-likeness (QED) is 0.803. The first-order chi connectivity index (χ1) is 13.8. The lowest BCUT2D eigenvalue weighted by atomic mass is 9.76. The number of benzene rings is 1. The molecular weight excluding hydrogens is 377 g/mol. The van der Waals surface area contributed by atoms with Gasteiger partial charge in [0.1, 0.15) is 17.9 Å². The molecule has 3 heterocycles. The number of pyridine rings is 1. The van der Waals surface area contributed by atoms with E-state index in [2.05, 4.69) is 0 Å². The molecule has 1 aromatic carbocycles. The highest BCUT2D eigenvalue weighted by Gasteiger charge is 2.46. The van der Waals surface area contributed by atoms with Gasteiger partial charge in [0.25, 0.3) is 0 Å². The van der Waals surface area contributed by atoms with Crippen LogP contribution in [0.2, 0.25) is 0 Å². The van der Waals surface area contributed by atoms with E-state index in [0.717, 1.165) is 31.7 Å². The second-order valence-corrected chi connectivity index (χ2v) is 8.73. The Balaban J connectivity index is 1.73. The molecule has 8 heteroatoms. The second-order valence-electron chi connectivity index (χ2n) is 8.73. The number of nitrogens with two attached hydrogens (primary N) is 1. The van der Waals surface area contributed by atoms with Crippen molar-refractivity contribution in [3.8, 4) is 5.75 Å². The molecule has 2 aromatic rings. The molecule has 5 rings (SSSR count). The van der Waals surface area contributed by atoms with Crippen LogP contribution in [0.25, 0.3) is 10.9 Å². The van der Waals surface area contributed by atoms with Gasteiger partial charge < -0.3 is 25.0 Å². The van der Waals surface area contributed by atoms with E-state index >= 15 is 4.39 Å². The Labute approximate surface area is 166 Å². The Morgan fingerprint density at radius 3 is 2.93 bits per heavy atom. The summed E-state index contributed by atoms with van der Waals surface area (Å²) >= 11 is 0. The first-order valence-electron chi connectivity index (χ1n) is 10.1. The maximum absolute atomic E-state index is 15.3. The fourth-order valence-corrected chi connectivity index (χ4v) is 5.33. The Bertz CT molecular complexity index is 1100. The van der Waals surface area contributed by atoms with Crippen LogP contribution in [0.5, 0.6) is 5.75 Å². The van der Waals surface area contributed by atoms with Crippen molar-refractivity contribution in [2.75, 3.05) is 24.6 Å². The number of hydrogen-bond acceptors (Lipinski definition) is 5. The SMILES string of the molecule is C[C@H]1COc2c(N3C[C@@H]4CCCC[C@@]4(N)C3)c(F)cc3c(=O)c(C(=O)O)cn1c23. The maximum Gasteiger partial charge on any atom is 0.341 e. The van der Waals surface area contributed by atoms with Gasteiger partial charge in [-0.15, -0.1) is 0 Å². The summed E-state index contributed by atoms with van der Waals surface area (Å²) in [6, 6.07) is 0.982. The van der Waals surface area contributed by atoms with E-state index < -0.39 is 17.2 Å². The van der Waals surface area contributed by atoms with Gasteiger partial charge in [0, 0.05) is 24.8 Å². The van der Waals surface area contributed by atoms with E-state index in [1.54, 1.807) is 4.57 Å². The Morgan fingerprint density at radius 2 is 2.21 bits per heavy atom. The molecular formula is C21H24FN3O4. The van der Waals surface area contributed by atoms with Crippen LogP contribution in [0, 0.1) is 11.7 Å². The highest BCUT2D eigenvalue weighted by Crippen LogP contribution is 2.46. The summed E-state index contributed by atoms with van der Waals surface area (Å²) in [7, 11) is 0. The van der Waals surface area contributed by atoms with Crippen molar-refractivity contribution in [3.05, 3.63) is 33.9 Å². The molecule has 29 heavy (non-hydrogen) atoms. The fourth-order valence-electron chi connectivity index (χ4n) is 5.33. The first kappa shape index (κ1) is 18.4. The number of ether oxygens (including phenoxy) is 1. The molecule has 3 atom stereocenters.